The highest BCUT2D eigenvalue weighted by Crippen LogP contribution is 2.28. The average Bonchev–Trinajstić information content (AvgIpc) is 2.74. The smallest absolute Gasteiger partial charge is 0.253 e. The molecule has 0 saturated carbocycles. The number of amides is 2. The maximum absolute atomic E-state index is 13.2. The standard InChI is InChI=1S/C23H28ClN3O2/c1-16(24)22(28)26-19-11-12-21(27-13-7-4-8-14-27)20(15-19)23(29)25-17(2)18-9-5-3-6-10-18/h3,5-6,9-12,15-17H,4,7-8,13-14H2,1-2H3,(H,25,29)(H,26,28)/t16-,17-/m0/s1. The number of hydrogen-bond donors (Lipinski definition) is 2. The molecular formula is C23H28ClN3O2. The van der Waals surface area contributed by atoms with Crippen molar-refractivity contribution in [2.24, 2.45) is 0 Å². The lowest BCUT2D eigenvalue weighted by Gasteiger charge is -2.31. The third-order valence-electron chi connectivity index (χ3n) is 5.21. The van der Waals surface area contributed by atoms with Crippen LogP contribution in [0.4, 0.5) is 11.4 Å². The van der Waals surface area contributed by atoms with Gasteiger partial charge in [-0.1, -0.05) is 30.3 Å². The number of alkyl halides is 1. The highest BCUT2D eigenvalue weighted by Gasteiger charge is 2.21. The van der Waals surface area contributed by atoms with Gasteiger partial charge in [0.1, 0.15) is 5.38 Å². The van der Waals surface area contributed by atoms with Crippen LogP contribution in [0.1, 0.15) is 55.1 Å². The number of halogens is 1. The summed E-state index contributed by atoms with van der Waals surface area (Å²) < 4.78 is 0. The maximum Gasteiger partial charge on any atom is 0.253 e. The van der Waals surface area contributed by atoms with Crippen LogP contribution in [0.15, 0.2) is 48.5 Å². The first-order valence-corrected chi connectivity index (χ1v) is 10.6. The van der Waals surface area contributed by atoms with E-state index < -0.39 is 5.38 Å². The van der Waals surface area contributed by atoms with Crippen molar-refractivity contribution in [2.45, 2.75) is 44.5 Å². The second kappa shape index (κ2) is 9.79. The van der Waals surface area contributed by atoms with Gasteiger partial charge in [-0.15, -0.1) is 11.6 Å². The van der Waals surface area contributed by atoms with Crippen LogP contribution < -0.4 is 15.5 Å². The number of carbonyl (C=O) groups is 2. The molecule has 6 heteroatoms. The van der Waals surface area contributed by atoms with Gasteiger partial charge < -0.3 is 15.5 Å². The lowest BCUT2D eigenvalue weighted by atomic mass is 10.0. The first-order valence-electron chi connectivity index (χ1n) is 10.2. The van der Waals surface area contributed by atoms with Crippen LogP contribution in [0, 0.1) is 0 Å². The fourth-order valence-electron chi connectivity index (χ4n) is 3.55. The summed E-state index contributed by atoms with van der Waals surface area (Å²) in [6, 6.07) is 15.2. The summed E-state index contributed by atoms with van der Waals surface area (Å²) in [6.45, 7) is 5.45. The highest BCUT2D eigenvalue weighted by atomic mass is 35.5. The molecule has 2 amide bonds. The first kappa shape index (κ1) is 21.2. The number of nitrogens with zero attached hydrogens (tertiary/aromatic N) is 1. The highest BCUT2D eigenvalue weighted by molar-refractivity contribution is 6.32. The molecule has 1 fully saturated rings. The molecule has 2 atom stereocenters. The van der Waals surface area contributed by atoms with E-state index in [9.17, 15) is 9.59 Å². The van der Waals surface area contributed by atoms with Crippen LogP contribution in [0.5, 0.6) is 0 Å². The predicted octanol–water partition coefficient (Wildman–Crippen LogP) is 4.73. The SMILES string of the molecule is C[C@H](Cl)C(=O)Nc1ccc(N2CCCCC2)c(C(=O)N[C@@H](C)c2ccccc2)c1. The summed E-state index contributed by atoms with van der Waals surface area (Å²) >= 11 is 5.87. The number of rotatable bonds is 6. The molecule has 1 aliphatic heterocycles. The Morgan fingerprint density at radius 1 is 1.00 bits per heavy atom. The minimum Gasteiger partial charge on any atom is -0.371 e. The van der Waals surface area contributed by atoms with Crippen LogP contribution in [0.25, 0.3) is 0 Å². The molecule has 0 radical (unpaired) electrons. The lowest BCUT2D eigenvalue weighted by Crippen LogP contribution is -2.33. The monoisotopic (exact) mass is 413 g/mol. The number of carbonyl (C=O) groups excluding carboxylic acids is 2. The summed E-state index contributed by atoms with van der Waals surface area (Å²) in [5.74, 6) is -0.446. The molecule has 0 unspecified atom stereocenters. The molecule has 1 saturated heterocycles. The van der Waals surface area contributed by atoms with Crippen LogP contribution in [0.3, 0.4) is 0 Å². The van der Waals surface area contributed by atoms with Crippen molar-refractivity contribution in [2.75, 3.05) is 23.3 Å². The van der Waals surface area contributed by atoms with Gasteiger partial charge in [-0.3, -0.25) is 9.59 Å². The molecule has 0 bridgehead atoms. The number of anilines is 2. The number of benzene rings is 2. The lowest BCUT2D eigenvalue weighted by molar-refractivity contribution is -0.115. The third kappa shape index (κ3) is 5.51. The Balaban J connectivity index is 1.87. The Hall–Kier alpha value is -2.53. The molecule has 5 nitrogen and oxygen atoms in total. The summed E-state index contributed by atoms with van der Waals surface area (Å²) in [5, 5.41) is 5.23. The van der Waals surface area contributed by atoms with E-state index >= 15 is 0 Å². The second-order valence-electron chi connectivity index (χ2n) is 7.49. The van der Waals surface area contributed by atoms with Gasteiger partial charge in [0.15, 0.2) is 0 Å². The van der Waals surface area contributed by atoms with E-state index in [1.54, 1.807) is 13.0 Å². The quantitative estimate of drug-likeness (QED) is 0.673. The minimum absolute atomic E-state index is 0.126. The first-order chi connectivity index (χ1) is 14.0. The van der Waals surface area contributed by atoms with Gasteiger partial charge in [-0.05, 0) is 56.9 Å². The van der Waals surface area contributed by atoms with E-state index in [1.807, 2.05) is 49.4 Å². The fraction of sp³-hybridized carbons (Fsp3) is 0.391. The summed E-state index contributed by atoms with van der Waals surface area (Å²) in [4.78, 5) is 27.4. The van der Waals surface area contributed by atoms with Crippen molar-refractivity contribution < 1.29 is 9.59 Å². The van der Waals surface area contributed by atoms with Crippen molar-refractivity contribution in [1.82, 2.24) is 5.32 Å². The van der Waals surface area contributed by atoms with E-state index in [2.05, 4.69) is 15.5 Å². The molecule has 3 rings (SSSR count). The molecule has 1 heterocycles. The average molecular weight is 414 g/mol. The molecular weight excluding hydrogens is 386 g/mol. The Bertz CT molecular complexity index is 848. The molecule has 2 aromatic rings. The van der Waals surface area contributed by atoms with Crippen molar-refractivity contribution in [3.8, 4) is 0 Å². The largest absolute Gasteiger partial charge is 0.371 e. The van der Waals surface area contributed by atoms with Crippen molar-refractivity contribution in [3.63, 3.8) is 0 Å². The summed E-state index contributed by atoms with van der Waals surface area (Å²) in [6.07, 6.45) is 3.44. The molecule has 29 heavy (non-hydrogen) atoms. The third-order valence-corrected chi connectivity index (χ3v) is 5.41. The number of hydrogen-bond acceptors (Lipinski definition) is 3. The van der Waals surface area contributed by atoms with Gasteiger partial charge in [0.2, 0.25) is 5.91 Å². The topological polar surface area (TPSA) is 61.4 Å². The molecule has 2 N–H and O–H groups in total. The van der Waals surface area contributed by atoms with Crippen LogP contribution in [-0.4, -0.2) is 30.3 Å². The molecule has 0 aromatic heterocycles. The Morgan fingerprint density at radius 3 is 2.34 bits per heavy atom. The zero-order chi connectivity index (χ0) is 20.8. The van der Waals surface area contributed by atoms with E-state index in [4.69, 9.17) is 11.6 Å². The van der Waals surface area contributed by atoms with E-state index in [1.165, 1.54) is 6.42 Å². The van der Waals surface area contributed by atoms with Crippen molar-refractivity contribution in [3.05, 3.63) is 59.7 Å². The number of piperidine rings is 1. The Labute approximate surface area is 177 Å². The molecule has 0 aliphatic carbocycles. The van der Waals surface area contributed by atoms with Crippen LogP contribution in [0.2, 0.25) is 0 Å². The van der Waals surface area contributed by atoms with E-state index in [0.29, 0.717) is 11.3 Å². The fourth-order valence-corrected chi connectivity index (χ4v) is 3.60. The van der Waals surface area contributed by atoms with Gasteiger partial charge in [0.05, 0.1) is 11.6 Å². The normalized spacial score (nSPS) is 16.0. The van der Waals surface area contributed by atoms with Gasteiger partial charge >= 0.3 is 0 Å². The molecule has 1 aliphatic rings. The van der Waals surface area contributed by atoms with Gasteiger partial charge in [0, 0.05) is 24.5 Å². The number of nitrogens with one attached hydrogen (secondary N) is 2. The van der Waals surface area contributed by atoms with Crippen molar-refractivity contribution in [1.29, 1.82) is 0 Å². The predicted molar refractivity (Wildman–Crippen MR) is 119 cm³/mol. The van der Waals surface area contributed by atoms with Gasteiger partial charge in [-0.25, -0.2) is 0 Å². The van der Waals surface area contributed by atoms with Gasteiger partial charge in [-0.2, -0.15) is 0 Å². The van der Waals surface area contributed by atoms with Crippen LogP contribution >= 0.6 is 11.6 Å². The zero-order valence-electron chi connectivity index (χ0n) is 17.0. The van der Waals surface area contributed by atoms with Crippen molar-refractivity contribution >= 4 is 34.8 Å². The molecule has 154 valence electrons. The molecule has 0 spiro atoms. The maximum atomic E-state index is 13.2. The molecule has 2 aromatic carbocycles. The minimum atomic E-state index is -0.646. The van der Waals surface area contributed by atoms with E-state index in [0.717, 1.165) is 37.2 Å². The Morgan fingerprint density at radius 2 is 1.69 bits per heavy atom. The van der Waals surface area contributed by atoms with E-state index in [-0.39, 0.29) is 17.9 Å². The van der Waals surface area contributed by atoms with Crippen LogP contribution in [-0.2, 0) is 4.79 Å². The zero-order valence-corrected chi connectivity index (χ0v) is 17.7. The Kier molecular flexibility index (Phi) is 7.15. The summed E-state index contributed by atoms with van der Waals surface area (Å²) in [7, 11) is 0. The van der Waals surface area contributed by atoms with Gasteiger partial charge in [0.25, 0.3) is 5.91 Å². The summed E-state index contributed by atoms with van der Waals surface area (Å²) in [5.41, 5.74) is 3.08. The second-order valence-corrected chi connectivity index (χ2v) is 8.15.